The van der Waals surface area contributed by atoms with Crippen molar-refractivity contribution in [1.82, 2.24) is 14.9 Å². The second kappa shape index (κ2) is 11.7. The van der Waals surface area contributed by atoms with Crippen LogP contribution in [0.2, 0.25) is 0 Å². The number of pyridine rings is 2. The zero-order valence-corrected chi connectivity index (χ0v) is 23.3. The number of benzene rings is 1. The molecule has 1 aliphatic rings. The van der Waals surface area contributed by atoms with Gasteiger partial charge in [0.05, 0.1) is 17.8 Å². The number of carboxylic acids is 1. The minimum atomic E-state index is -4.90. The van der Waals surface area contributed by atoms with Crippen LogP contribution in [0.15, 0.2) is 53.3 Å². The molecule has 1 amide bonds. The number of aromatic carboxylic acids is 1. The second-order valence-electron chi connectivity index (χ2n) is 9.73. The van der Waals surface area contributed by atoms with Gasteiger partial charge in [-0.15, -0.1) is 0 Å². The fraction of sp³-hybridized carbons (Fsp3) is 0.333. The van der Waals surface area contributed by atoms with Gasteiger partial charge in [-0.05, 0) is 71.7 Å². The van der Waals surface area contributed by atoms with Crippen LogP contribution in [0, 0.1) is 0 Å². The van der Waals surface area contributed by atoms with Gasteiger partial charge in [-0.3, -0.25) is 9.69 Å². The van der Waals surface area contributed by atoms with Gasteiger partial charge in [0, 0.05) is 42.4 Å². The second-order valence-corrected chi connectivity index (χ2v) is 10.6. The molecular weight excluding hydrogens is 619 g/mol. The van der Waals surface area contributed by atoms with Crippen molar-refractivity contribution in [2.75, 3.05) is 18.0 Å². The van der Waals surface area contributed by atoms with Gasteiger partial charge in [-0.2, -0.15) is 13.2 Å². The molecule has 1 N–H and O–H groups in total. The lowest BCUT2D eigenvalue weighted by Gasteiger charge is -2.28. The van der Waals surface area contributed by atoms with E-state index in [4.69, 9.17) is 4.74 Å². The summed E-state index contributed by atoms with van der Waals surface area (Å²) in [5, 5.41) is 9.90. The number of likely N-dealkylation sites (tertiary alicyclic amines) is 1. The van der Waals surface area contributed by atoms with Gasteiger partial charge in [-0.25, -0.2) is 23.5 Å². The van der Waals surface area contributed by atoms with Gasteiger partial charge in [-0.1, -0.05) is 0 Å². The summed E-state index contributed by atoms with van der Waals surface area (Å²) in [6.07, 6.45) is -2.77. The molecule has 3 heterocycles. The normalized spacial score (nSPS) is 15.2. The zero-order valence-electron chi connectivity index (χ0n) is 21.8. The van der Waals surface area contributed by atoms with Gasteiger partial charge < -0.3 is 14.7 Å². The predicted octanol–water partition coefficient (Wildman–Crippen LogP) is 6.64. The highest BCUT2D eigenvalue weighted by molar-refractivity contribution is 9.10. The van der Waals surface area contributed by atoms with Crippen molar-refractivity contribution in [1.29, 1.82) is 0 Å². The van der Waals surface area contributed by atoms with Gasteiger partial charge in [0.25, 0.3) is 11.8 Å². The first kappa shape index (κ1) is 30.3. The Labute approximate surface area is 239 Å². The molecule has 2 aromatic heterocycles. The number of hydrogen-bond donors (Lipinski definition) is 1. The first-order valence-corrected chi connectivity index (χ1v) is 13.1. The fourth-order valence-corrected chi connectivity index (χ4v) is 4.62. The number of aromatic nitrogens is 2. The van der Waals surface area contributed by atoms with E-state index >= 15 is 0 Å². The van der Waals surface area contributed by atoms with Crippen LogP contribution >= 0.6 is 15.9 Å². The number of halogens is 6. The van der Waals surface area contributed by atoms with Crippen LogP contribution in [-0.4, -0.2) is 56.9 Å². The largest absolute Gasteiger partial charge is 0.478 e. The monoisotopic (exact) mass is 642 g/mol. The maximum Gasteiger partial charge on any atom is 0.421 e. The van der Waals surface area contributed by atoms with Crippen molar-refractivity contribution >= 4 is 33.5 Å². The number of carboxylic acid groups (broad SMARTS) is 1. The summed E-state index contributed by atoms with van der Waals surface area (Å²) in [5.41, 5.74) is -1.55. The molecule has 1 aliphatic heterocycles. The maximum atomic E-state index is 13.9. The van der Waals surface area contributed by atoms with Crippen LogP contribution in [0.4, 0.5) is 27.6 Å². The Kier molecular flexibility index (Phi) is 8.64. The summed E-state index contributed by atoms with van der Waals surface area (Å²) >= 11 is 3.23. The molecule has 3 aromatic rings. The van der Waals surface area contributed by atoms with E-state index in [1.54, 1.807) is 19.9 Å². The van der Waals surface area contributed by atoms with Gasteiger partial charge in [0.1, 0.15) is 17.0 Å². The van der Waals surface area contributed by atoms with Crippen LogP contribution < -0.4 is 9.64 Å². The molecule has 8 nitrogen and oxygen atoms in total. The highest BCUT2D eigenvalue weighted by Gasteiger charge is 2.39. The number of alkyl halides is 5. The van der Waals surface area contributed by atoms with Gasteiger partial charge in [0.2, 0.25) is 5.88 Å². The van der Waals surface area contributed by atoms with E-state index < -0.39 is 53.6 Å². The summed E-state index contributed by atoms with van der Waals surface area (Å²) in [6.45, 7) is 2.64. The lowest BCUT2D eigenvalue weighted by atomic mass is 10.1. The lowest BCUT2D eigenvalue weighted by molar-refractivity contribution is -0.139. The number of hydrogen-bond acceptors (Lipinski definition) is 6. The summed E-state index contributed by atoms with van der Waals surface area (Å²) in [5.74, 6) is -6.05. The summed E-state index contributed by atoms with van der Waals surface area (Å²) in [6, 6.07) is 6.80. The molecule has 0 atom stereocenters. The topological polar surface area (TPSA) is 95.9 Å². The van der Waals surface area contributed by atoms with Crippen LogP contribution in [0.1, 0.15) is 52.2 Å². The van der Waals surface area contributed by atoms with Crippen molar-refractivity contribution < 1.29 is 41.4 Å². The van der Waals surface area contributed by atoms with Gasteiger partial charge >= 0.3 is 12.1 Å². The molecular formula is C27H24BrF5N4O4. The number of amides is 1. The average Bonchev–Trinajstić information content (AvgIpc) is 3.23. The molecule has 1 saturated heterocycles. The number of nitrogens with zero attached hydrogens (tertiary/aromatic N) is 4. The van der Waals surface area contributed by atoms with E-state index in [0.717, 1.165) is 18.3 Å². The van der Waals surface area contributed by atoms with Crippen molar-refractivity contribution in [2.24, 2.45) is 0 Å². The van der Waals surface area contributed by atoms with Crippen molar-refractivity contribution in [3.05, 3.63) is 75.6 Å². The van der Waals surface area contributed by atoms with Crippen molar-refractivity contribution in [2.45, 2.75) is 45.0 Å². The van der Waals surface area contributed by atoms with E-state index in [0.29, 0.717) is 4.47 Å². The molecule has 1 fully saturated rings. The average molecular weight is 643 g/mol. The van der Waals surface area contributed by atoms with E-state index in [9.17, 15) is 36.6 Å². The first-order chi connectivity index (χ1) is 19.1. The standard InChI is InChI=1S/C27H24BrF5N4O4/c1-15(2)37(24(38)21-5-3-17(28)12-34-21)22-6-4-18(10-19(22)25(39)40)41-23-20(27(31,32)33)9-16(11-35-23)13-36-8-7-26(29,30)14-36/h3-6,9-12,15H,7-8,13-14H2,1-2H3,(H,39,40). The molecule has 0 saturated carbocycles. The van der Waals surface area contributed by atoms with Crippen LogP contribution in [0.5, 0.6) is 11.6 Å². The van der Waals surface area contributed by atoms with E-state index in [1.807, 2.05) is 0 Å². The van der Waals surface area contributed by atoms with E-state index in [1.165, 1.54) is 34.2 Å². The third-order valence-electron chi connectivity index (χ3n) is 6.22. The molecule has 218 valence electrons. The lowest BCUT2D eigenvalue weighted by Crippen LogP contribution is -2.38. The molecule has 0 unspecified atom stereocenters. The molecule has 1 aromatic carbocycles. The third kappa shape index (κ3) is 7.17. The van der Waals surface area contributed by atoms with Gasteiger partial charge in [0.15, 0.2) is 0 Å². The Morgan fingerprint density at radius 3 is 2.44 bits per heavy atom. The van der Waals surface area contributed by atoms with E-state index in [2.05, 4.69) is 25.9 Å². The molecule has 14 heteroatoms. The molecule has 0 radical (unpaired) electrons. The number of carbonyl (C=O) groups is 2. The van der Waals surface area contributed by atoms with Crippen LogP contribution in [-0.2, 0) is 12.7 Å². The van der Waals surface area contributed by atoms with Crippen LogP contribution in [0.3, 0.4) is 0 Å². The molecule has 0 bridgehead atoms. The number of ether oxygens (including phenoxy) is 1. The predicted molar refractivity (Wildman–Crippen MR) is 141 cm³/mol. The van der Waals surface area contributed by atoms with Crippen molar-refractivity contribution in [3.8, 4) is 11.6 Å². The number of carbonyl (C=O) groups excluding carboxylic acids is 1. The highest BCUT2D eigenvalue weighted by Crippen LogP contribution is 2.39. The Hall–Kier alpha value is -3.65. The first-order valence-electron chi connectivity index (χ1n) is 12.3. The number of rotatable bonds is 8. The van der Waals surface area contributed by atoms with E-state index in [-0.39, 0.29) is 42.2 Å². The highest BCUT2D eigenvalue weighted by atomic mass is 79.9. The Morgan fingerprint density at radius 1 is 1.15 bits per heavy atom. The third-order valence-corrected chi connectivity index (χ3v) is 6.69. The molecule has 41 heavy (non-hydrogen) atoms. The van der Waals surface area contributed by atoms with Crippen molar-refractivity contribution in [3.63, 3.8) is 0 Å². The van der Waals surface area contributed by atoms with Crippen LogP contribution in [0.25, 0.3) is 0 Å². The number of anilines is 1. The quantitative estimate of drug-likeness (QED) is 0.275. The smallest absolute Gasteiger partial charge is 0.421 e. The summed E-state index contributed by atoms with van der Waals surface area (Å²) < 4.78 is 74.8. The minimum absolute atomic E-state index is 0.0173. The SMILES string of the molecule is CC(C)N(C(=O)c1ccc(Br)cn1)c1ccc(Oc2ncc(CN3CCC(F)(F)C3)cc2C(F)(F)F)cc1C(=O)O. The molecule has 0 aliphatic carbocycles. The minimum Gasteiger partial charge on any atom is -0.478 e. The molecule has 4 rings (SSSR count). The summed E-state index contributed by atoms with van der Waals surface area (Å²) in [7, 11) is 0. The Bertz CT molecular complexity index is 1450. The maximum absolute atomic E-state index is 13.9. The summed E-state index contributed by atoms with van der Waals surface area (Å²) in [4.78, 5) is 35.8. The molecule has 0 spiro atoms. The fourth-order valence-electron chi connectivity index (χ4n) is 4.39. The zero-order chi connectivity index (χ0) is 30.1. The Morgan fingerprint density at radius 2 is 1.88 bits per heavy atom. The Balaban J connectivity index is 1.65.